The van der Waals surface area contributed by atoms with Crippen LogP contribution in [0.5, 0.6) is 0 Å². The Labute approximate surface area is 168 Å². The van der Waals surface area contributed by atoms with Gasteiger partial charge in [0.05, 0.1) is 26.7 Å². The zero-order valence-electron chi connectivity index (χ0n) is 15.3. The van der Waals surface area contributed by atoms with Crippen molar-refractivity contribution in [2.75, 3.05) is 16.8 Å². The fourth-order valence-corrected chi connectivity index (χ4v) is 4.16. The van der Waals surface area contributed by atoms with Gasteiger partial charge in [-0.2, -0.15) is 13.2 Å². The molecule has 1 aromatic heterocycles. The summed E-state index contributed by atoms with van der Waals surface area (Å²) in [6.45, 7) is 2.07. The Balaban J connectivity index is 1.49. The van der Waals surface area contributed by atoms with E-state index in [2.05, 4.69) is 10.3 Å². The lowest BCUT2D eigenvalue weighted by Crippen LogP contribution is -2.28. The summed E-state index contributed by atoms with van der Waals surface area (Å²) in [5.74, 6) is -1.34. The molecule has 0 saturated carbocycles. The largest absolute Gasteiger partial charge is 0.416 e. The van der Waals surface area contributed by atoms with Gasteiger partial charge in [-0.25, -0.2) is 4.98 Å². The molecular weight excluding hydrogens is 403 g/mol. The first kappa shape index (κ1) is 19.4. The summed E-state index contributed by atoms with van der Waals surface area (Å²) in [4.78, 5) is 30.9. The van der Waals surface area contributed by atoms with Gasteiger partial charge in [-0.05, 0) is 43.3 Å². The molecule has 1 saturated heterocycles. The summed E-state index contributed by atoms with van der Waals surface area (Å²) < 4.78 is 39.5. The van der Waals surface area contributed by atoms with E-state index in [4.69, 9.17) is 0 Å². The second-order valence-corrected chi connectivity index (χ2v) is 8.09. The first-order valence-corrected chi connectivity index (χ1v) is 9.68. The van der Waals surface area contributed by atoms with E-state index in [-0.39, 0.29) is 24.6 Å². The first-order chi connectivity index (χ1) is 13.7. The summed E-state index contributed by atoms with van der Waals surface area (Å²) in [5.41, 5.74) is 0.651. The highest BCUT2D eigenvalue weighted by Gasteiger charge is 2.36. The monoisotopic (exact) mass is 419 g/mol. The van der Waals surface area contributed by atoms with Crippen LogP contribution in [-0.2, 0) is 15.8 Å². The number of benzene rings is 2. The molecule has 2 amide bonds. The molecule has 3 aromatic rings. The van der Waals surface area contributed by atoms with Crippen molar-refractivity contribution in [2.24, 2.45) is 5.92 Å². The van der Waals surface area contributed by atoms with Crippen LogP contribution in [0.4, 0.5) is 24.5 Å². The SMILES string of the molecule is Cc1nc2cc(N3CC(C(=O)Nc4cccc(C(F)(F)F)c4)CC3=O)ccc2s1. The van der Waals surface area contributed by atoms with Gasteiger partial charge < -0.3 is 10.2 Å². The normalized spacial score (nSPS) is 17.2. The third-order valence-corrected chi connectivity index (χ3v) is 5.69. The zero-order chi connectivity index (χ0) is 20.8. The van der Waals surface area contributed by atoms with Crippen LogP contribution in [-0.4, -0.2) is 23.3 Å². The quantitative estimate of drug-likeness (QED) is 0.674. The number of rotatable bonds is 3. The summed E-state index contributed by atoms with van der Waals surface area (Å²) in [5, 5.41) is 3.41. The first-order valence-electron chi connectivity index (χ1n) is 8.86. The molecule has 0 spiro atoms. The molecular formula is C20H16F3N3O2S. The van der Waals surface area contributed by atoms with E-state index in [1.54, 1.807) is 11.3 Å². The number of hydrogen-bond donors (Lipinski definition) is 1. The molecule has 1 fully saturated rings. The van der Waals surface area contributed by atoms with E-state index in [1.807, 2.05) is 25.1 Å². The predicted octanol–water partition coefficient (Wildman–Crippen LogP) is 4.62. The molecule has 2 aromatic carbocycles. The van der Waals surface area contributed by atoms with Gasteiger partial charge in [-0.3, -0.25) is 9.59 Å². The number of nitrogens with one attached hydrogen (secondary N) is 1. The van der Waals surface area contributed by atoms with Gasteiger partial charge in [-0.1, -0.05) is 6.07 Å². The van der Waals surface area contributed by atoms with Gasteiger partial charge in [0.15, 0.2) is 0 Å². The van der Waals surface area contributed by atoms with Crippen molar-refractivity contribution in [1.29, 1.82) is 0 Å². The number of alkyl halides is 3. The minimum atomic E-state index is -4.49. The fraction of sp³-hybridized carbons (Fsp3) is 0.250. The smallest absolute Gasteiger partial charge is 0.326 e. The third-order valence-electron chi connectivity index (χ3n) is 4.74. The second-order valence-electron chi connectivity index (χ2n) is 6.86. The number of fused-ring (bicyclic) bond motifs is 1. The van der Waals surface area contributed by atoms with Crippen LogP contribution < -0.4 is 10.2 Å². The molecule has 29 heavy (non-hydrogen) atoms. The number of amides is 2. The molecule has 1 aliphatic rings. The number of anilines is 2. The lowest BCUT2D eigenvalue weighted by atomic mass is 10.1. The van der Waals surface area contributed by atoms with Crippen molar-refractivity contribution >= 4 is 44.7 Å². The number of nitrogens with zero attached hydrogens (tertiary/aromatic N) is 2. The molecule has 0 radical (unpaired) electrons. The topological polar surface area (TPSA) is 62.3 Å². The Kier molecular flexibility index (Phi) is 4.77. The maximum Gasteiger partial charge on any atom is 0.416 e. The average Bonchev–Trinajstić information content (AvgIpc) is 3.22. The number of carbonyl (C=O) groups excluding carboxylic acids is 2. The maximum atomic E-state index is 12.8. The van der Waals surface area contributed by atoms with Crippen LogP contribution >= 0.6 is 11.3 Å². The molecule has 0 bridgehead atoms. The standard InChI is InChI=1S/C20H16F3N3O2S/c1-11-24-16-9-15(5-6-17(16)29-11)26-10-12(7-18(26)27)19(28)25-14-4-2-3-13(8-14)20(21,22)23/h2-6,8-9,12H,7,10H2,1H3,(H,25,28). The van der Waals surface area contributed by atoms with Crippen molar-refractivity contribution in [3.05, 3.63) is 53.0 Å². The highest BCUT2D eigenvalue weighted by molar-refractivity contribution is 7.18. The molecule has 1 atom stereocenters. The fourth-order valence-electron chi connectivity index (χ4n) is 3.35. The Morgan fingerprint density at radius 1 is 1.24 bits per heavy atom. The molecule has 1 N–H and O–H groups in total. The van der Waals surface area contributed by atoms with Crippen LogP contribution in [0.3, 0.4) is 0 Å². The van der Waals surface area contributed by atoms with Crippen molar-refractivity contribution in [3.63, 3.8) is 0 Å². The number of carbonyl (C=O) groups is 2. The van der Waals surface area contributed by atoms with E-state index < -0.39 is 23.6 Å². The Hall–Kier alpha value is -2.94. The summed E-state index contributed by atoms with van der Waals surface area (Å²) in [6, 6.07) is 9.95. The third kappa shape index (κ3) is 3.95. The molecule has 1 unspecified atom stereocenters. The van der Waals surface area contributed by atoms with Crippen LogP contribution in [0.25, 0.3) is 10.2 Å². The Morgan fingerprint density at radius 2 is 2.03 bits per heavy atom. The number of aryl methyl sites for hydroxylation is 1. The Morgan fingerprint density at radius 3 is 2.79 bits per heavy atom. The lowest BCUT2D eigenvalue weighted by molar-refractivity contribution is -0.137. The van der Waals surface area contributed by atoms with E-state index in [0.717, 1.165) is 27.4 Å². The predicted molar refractivity (Wildman–Crippen MR) is 105 cm³/mol. The molecule has 4 rings (SSSR count). The van der Waals surface area contributed by atoms with Gasteiger partial charge in [0.25, 0.3) is 0 Å². The van der Waals surface area contributed by atoms with Gasteiger partial charge in [0.2, 0.25) is 11.8 Å². The average molecular weight is 419 g/mol. The number of thiazole rings is 1. The highest BCUT2D eigenvalue weighted by Crippen LogP contribution is 2.32. The Bertz CT molecular complexity index is 1110. The second kappa shape index (κ2) is 7.14. The van der Waals surface area contributed by atoms with Crippen molar-refractivity contribution in [2.45, 2.75) is 19.5 Å². The molecule has 5 nitrogen and oxygen atoms in total. The van der Waals surface area contributed by atoms with E-state index in [1.165, 1.54) is 17.0 Å². The summed E-state index contributed by atoms with van der Waals surface area (Å²) in [6.07, 6.45) is -4.49. The van der Waals surface area contributed by atoms with E-state index in [0.29, 0.717) is 5.69 Å². The lowest BCUT2D eigenvalue weighted by Gasteiger charge is -2.17. The van der Waals surface area contributed by atoms with E-state index >= 15 is 0 Å². The van der Waals surface area contributed by atoms with Gasteiger partial charge in [0.1, 0.15) is 0 Å². The van der Waals surface area contributed by atoms with Crippen molar-refractivity contribution < 1.29 is 22.8 Å². The van der Waals surface area contributed by atoms with Crippen molar-refractivity contribution in [1.82, 2.24) is 4.98 Å². The maximum absolute atomic E-state index is 12.8. The highest BCUT2D eigenvalue weighted by atomic mass is 32.1. The van der Waals surface area contributed by atoms with Crippen LogP contribution in [0.1, 0.15) is 17.0 Å². The van der Waals surface area contributed by atoms with Crippen LogP contribution in [0, 0.1) is 12.8 Å². The number of aromatic nitrogens is 1. The minimum absolute atomic E-state index is 0.00107. The minimum Gasteiger partial charge on any atom is -0.326 e. The van der Waals surface area contributed by atoms with Gasteiger partial charge in [-0.15, -0.1) is 11.3 Å². The molecule has 1 aliphatic heterocycles. The molecule has 2 heterocycles. The zero-order valence-corrected chi connectivity index (χ0v) is 16.1. The van der Waals surface area contributed by atoms with E-state index in [9.17, 15) is 22.8 Å². The van der Waals surface area contributed by atoms with Crippen LogP contribution in [0.15, 0.2) is 42.5 Å². The summed E-state index contributed by atoms with van der Waals surface area (Å²) >= 11 is 1.55. The number of halogens is 3. The van der Waals surface area contributed by atoms with Crippen molar-refractivity contribution in [3.8, 4) is 0 Å². The molecule has 0 aliphatic carbocycles. The molecule has 9 heteroatoms. The summed E-state index contributed by atoms with van der Waals surface area (Å²) in [7, 11) is 0. The number of hydrogen-bond acceptors (Lipinski definition) is 4. The van der Waals surface area contributed by atoms with Gasteiger partial charge >= 0.3 is 6.18 Å². The van der Waals surface area contributed by atoms with Crippen LogP contribution in [0.2, 0.25) is 0 Å². The van der Waals surface area contributed by atoms with Gasteiger partial charge in [0, 0.05) is 24.3 Å². The molecule has 150 valence electrons.